The Morgan fingerprint density at radius 2 is 1.07 bits per heavy atom. The molecule has 2 N–H and O–H groups in total. The van der Waals surface area contributed by atoms with Crippen LogP contribution in [0.2, 0.25) is 0 Å². The molecule has 0 aliphatic rings. The molecule has 4 aromatic rings. The van der Waals surface area contributed by atoms with Gasteiger partial charge in [0, 0.05) is 68.4 Å². The van der Waals surface area contributed by atoms with E-state index in [4.69, 9.17) is 14.9 Å². The van der Waals surface area contributed by atoms with Crippen LogP contribution < -0.4 is 9.80 Å². The Bertz CT molecular complexity index is 2010. The number of hydrogen-bond acceptors (Lipinski definition) is 14. The summed E-state index contributed by atoms with van der Waals surface area (Å²) in [5.41, 5.74) is 2.04. The minimum Gasteiger partial charge on any atom is -0.478 e. The lowest BCUT2D eigenvalue weighted by Crippen LogP contribution is -2.23. The lowest BCUT2D eigenvalue weighted by Gasteiger charge is -2.18. The van der Waals surface area contributed by atoms with Crippen LogP contribution >= 0.6 is 0 Å². The molecule has 0 saturated carbocycles. The van der Waals surface area contributed by atoms with Gasteiger partial charge in [0.2, 0.25) is 11.6 Å². The number of aliphatic hydroxyl groups excluding tert-OH is 1. The summed E-state index contributed by atoms with van der Waals surface area (Å²) >= 11 is 0. The van der Waals surface area contributed by atoms with Gasteiger partial charge in [0.1, 0.15) is 6.61 Å². The predicted molar refractivity (Wildman–Crippen MR) is 200 cm³/mol. The molecule has 0 aromatic heterocycles. The first kappa shape index (κ1) is 43.9. The number of halogens is 2. The average Bonchev–Trinajstić information content (AvgIpc) is 3.16. The third-order valence-corrected chi connectivity index (χ3v) is 6.85. The van der Waals surface area contributed by atoms with Gasteiger partial charge in [-0.25, -0.2) is 9.59 Å². The van der Waals surface area contributed by atoms with Gasteiger partial charge in [-0.05, 0) is 60.7 Å². The van der Waals surface area contributed by atoms with E-state index in [1.807, 2.05) is 36.0 Å². The Morgan fingerprint density at radius 3 is 1.40 bits per heavy atom. The van der Waals surface area contributed by atoms with E-state index in [1.54, 1.807) is 36.4 Å². The number of nitro benzene ring substituents is 2. The topological polar surface area (TPSA) is 226 Å². The molecule has 55 heavy (non-hydrogen) atoms. The van der Waals surface area contributed by atoms with Crippen LogP contribution in [0.3, 0.4) is 0 Å². The molecule has 0 atom stereocenters. The summed E-state index contributed by atoms with van der Waals surface area (Å²) in [7, 11) is 3.70. The molecule has 288 valence electrons. The zero-order valence-corrected chi connectivity index (χ0v) is 29.6. The van der Waals surface area contributed by atoms with Crippen molar-refractivity contribution in [3.8, 4) is 0 Å². The molecule has 17 nitrogen and oxygen atoms in total. The van der Waals surface area contributed by atoms with Gasteiger partial charge in [0.25, 0.3) is 0 Å². The number of ether oxygens (including phenoxy) is 1. The molecule has 0 unspecified atom stereocenters. The Hall–Kier alpha value is -7.28. The second kappa shape index (κ2) is 22.6. The number of aliphatic hydroxyl groups is 1. The van der Waals surface area contributed by atoms with Crippen LogP contribution in [-0.2, 0) is 14.3 Å². The Morgan fingerprint density at radius 1 is 0.709 bits per heavy atom. The highest BCUT2D eigenvalue weighted by molar-refractivity contribution is 5.81. The van der Waals surface area contributed by atoms with Crippen LogP contribution in [0.4, 0.5) is 54.3 Å². The van der Waals surface area contributed by atoms with E-state index in [0.717, 1.165) is 47.8 Å². The first-order chi connectivity index (χ1) is 26.2. The van der Waals surface area contributed by atoms with Gasteiger partial charge < -0.3 is 24.7 Å². The molecule has 0 bridgehead atoms. The fourth-order valence-electron chi connectivity index (χ4n) is 3.94. The molecule has 0 radical (unpaired) electrons. The van der Waals surface area contributed by atoms with E-state index < -0.39 is 44.8 Å². The first-order valence-electron chi connectivity index (χ1n) is 15.8. The van der Waals surface area contributed by atoms with Gasteiger partial charge in [-0.3, -0.25) is 20.2 Å². The van der Waals surface area contributed by atoms with Crippen molar-refractivity contribution in [2.75, 3.05) is 50.2 Å². The maximum atomic E-state index is 13.6. The van der Waals surface area contributed by atoms with Gasteiger partial charge in [-0.15, -0.1) is 0 Å². The van der Waals surface area contributed by atoms with Crippen LogP contribution in [0.5, 0.6) is 0 Å². The van der Waals surface area contributed by atoms with Crippen molar-refractivity contribution >= 4 is 57.4 Å². The van der Waals surface area contributed by atoms with Crippen LogP contribution in [-0.4, -0.2) is 72.4 Å². The van der Waals surface area contributed by atoms with Crippen LogP contribution in [0.15, 0.2) is 131 Å². The standard InChI is InChI=1S/C18H17FN4O4.C15H15FN4O3.C3H4O2/c1-3-18(24)27-11-10-22(2)15-7-4-13(5-8-15)20-21-14-6-9-17(23(25)26)16(19)12-14;1-19(8-9-21)13-5-2-11(3-6-13)17-18-12-4-7-15(20(22)23)14(16)10-12;1-2-3(4)5/h3-9,12H,1,10-11H2,2H3;2-7,10,21H,8-9H2,1H3;2H,1H2,(H,4,5). The summed E-state index contributed by atoms with van der Waals surface area (Å²) < 4.78 is 32.0. The Kier molecular flexibility index (Phi) is 18.0. The Balaban J connectivity index is 0.000000342. The smallest absolute Gasteiger partial charge is 0.330 e. The van der Waals surface area contributed by atoms with Gasteiger partial charge in [0.15, 0.2) is 0 Å². The number of nitro groups is 2. The SMILES string of the molecule is C=CC(=O)O.C=CC(=O)OCCN(C)c1ccc(N=Nc2ccc([N+](=O)[O-])c(F)c2)cc1.CN(CCO)c1ccc(N=Nc2ccc([N+](=O)[O-])c(F)c2)cc1. The number of anilines is 2. The molecule has 0 heterocycles. The van der Waals surface area contributed by atoms with Crippen LogP contribution in [0.25, 0.3) is 0 Å². The highest BCUT2D eigenvalue weighted by Crippen LogP contribution is 2.27. The minimum absolute atomic E-state index is 0.0592. The van der Waals surface area contributed by atoms with Crippen LogP contribution in [0, 0.1) is 31.9 Å². The molecule has 0 aliphatic carbocycles. The summed E-state index contributed by atoms with van der Waals surface area (Å²) in [4.78, 5) is 43.6. The number of nitrogens with zero attached hydrogens (tertiary/aromatic N) is 8. The highest BCUT2D eigenvalue weighted by atomic mass is 19.1. The minimum atomic E-state index is -0.981. The molecule has 0 spiro atoms. The maximum absolute atomic E-state index is 13.6. The second-order valence-corrected chi connectivity index (χ2v) is 10.7. The van der Waals surface area contributed by atoms with E-state index in [-0.39, 0.29) is 24.6 Å². The zero-order chi connectivity index (χ0) is 40.9. The number of carbonyl (C=O) groups is 2. The normalized spacial score (nSPS) is 10.3. The monoisotopic (exact) mass is 762 g/mol. The maximum Gasteiger partial charge on any atom is 0.330 e. The summed E-state index contributed by atoms with van der Waals surface area (Å²) in [6, 6.07) is 20.8. The van der Waals surface area contributed by atoms with E-state index in [2.05, 4.69) is 33.6 Å². The lowest BCUT2D eigenvalue weighted by atomic mass is 10.2. The molecular formula is C36H36F2N8O9. The van der Waals surface area contributed by atoms with Gasteiger partial charge in [-0.1, -0.05) is 13.2 Å². The van der Waals surface area contributed by atoms with E-state index >= 15 is 0 Å². The van der Waals surface area contributed by atoms with Crippen LogP contribution in [0.1, 0.15) is 0 Å². The summed E-state index contributed by atoms with van der Waals surface area (Å²) in [6.45, 7) is 7.59. The fourth-order valence-corrected chi connectivity index (χ4v) is 3.94. The lowest BCUT2D eigenvalue weighted by molar-refractivity contribution is -0.387. The number of aliphatic carboxylic acids is 1. The van der Waals surface area contributed by atoms with Crippen molar-refractivity contribution in [1.29, 1.82) is 0 Å². The summed E-state index contributed by atoms with van der Waals surface area (Å²) in [6.07, 6.45) is 1.94. The third-order valence-electron chi connectivity index (χ3n) is 6.85. The Labute approximate surface area is 313 Å². The number of rotatable bonds is 15. The molecule has 0 fully saturated rings. The van der Waals surface area contributed by atoms with Gasteiger partial charge >= 0.3 is 23.3 Å². The number of carboxylic acid groups (broad SMARTS) is 1. The number of hydrogen-bond donors (Lipinski definition) is 2. The average molecular weight is 763 g/mol. The first-order valence-corrected chi connectivity index (χ1v) is 15.8. The van der Waals surface area contributed by atoms with Gasteiger partial charge in [-0.2, -0.15) is 29.2 Å². The van der Waals surface area contributed by atoms with Crippen molar-refractivity contribution in [2.45, 2.75) is 0 Å². The van der Waals surface area contributed by atoms with E-state index in [0.29, 0.717) is 24.5 Å². The molecule has 4 aromatic carbocycles. The number of likely N-dealkylation sites (N-methyl/N-ethyl adjacent to an activating group) is 2. The fraction of sp³-hybridized carbons (Fsp3) is 0.167. The van der Waals surface area contributed by atoms with Crippen molar-refractivity contribution in [2.24, 2.45) is 20.5 Å². The number of azo groups is 2. The summed E-state index contributed by atoms with van der Waals surface area (Å²) in [5, 5.41) is 53.3. The second-order valence-electron chi connectivity index (χ2n) is 10.7. The number of carboxylic acids is 1. The predicted octanol–water partition coefficient (Wildman–Crippen LogP) is 8.15. The largest absolute Gasteiger partial charge is 0.478 e. The van der Waals surface area contributed by atoms with Crippen molar-refractivity contribution in [3.05, 3.63) is 142 Å². The van der Waals surface area contributed by atoms with Crippen molar-refractivity contribution < 1.29 is 43.2 Å². The van der Waals surface area contributed by atoms with Crippen molar-refractivity contribution in [1.82, 2.24) is 0 Å². The van der Waals surface area contributed by atoms with E-state index in [9.17, 15) is 38.6 Å². The number of esters is 1. The summed E-state index contributed by atoms with van der Waals surface area (Å²) in [5.74, 6) is -3.37. The molecule has 0 amide bonds. The van der Waals surface area contributed by atoms with Gasteiger partial charge in [0.05, 0.1) is 45.7 Å². The van der Waals surface area contributed by atoms with Crippen molar-refractivity contribution in [3.63, 3.8) is 0 Å². The molecule has 0 saturated heterocycles. The van der Waals surface area contributed by atoms with E-state index in [1.165, 1.54) is 12.1 Å². The number of carbonyl (C=O) groups excluding carboxylic acids is 1. The molecular weight excluding hydrogens is 726 g/mol. The highest BCUT2D eigenvalue weighted by Gasteiger charge is 2.14. The molecule has 19 heteroatoms. The third kappa shape index (κ3) is 15.5. The number of benzene rings is 4. The quantitative estimate of drug-likeness (QED) is 0.0386. The molecule has 4 rings (SSSR count). The zero-order valence-electron chi connectivity index (χ0n) is 29.6. The molecule has 0 aliphatic heterocycles.